The number of aromatic nitrogens is 3. The van der Waals surface area contributed by atoms with Crippen LogP contribution in [0.2, 0.25) is 0 Å². The van der Waals surface area contributed by atoms with Crippen LogP contribution in [0.3, 0.4) is 0 Å². The Morgan fingerprint density at radius 1 is 1.26 bits per heavy atom. The minimum absolute atomic E-state index is 0.181. The van der Waals surface area contributed by atoms with E-state index in [2.05, 4.69) is 20.3 Å². The largest absolute Gasteiger partial charge is 0.481 e. The number of nitrogens with one attached hydrogen (secondary N) is 1. The van der Waals surface area contributed by atoms with Gasteiger partial charge in [-0.3, -0.25) is 4.79 Å². The molecule has 202 valence electrons. The minimum Gasteiger partial charge on any atom is -0.481 e. The van der Waals surface area contributed by atoms with Crippen LogP contribution in [0.15, 0.2) is 42.7 Å². The average Bonchev–Trinajstić information content (AvgIpc) is 3.33. The van der Waals surface area contributed by atoms with Crippen molar-refractivity contribution in [3.63, 3.8) is 0 Å². The number of aliphatic hydroxyl groups is 1. The monoisotopic (exact) mass is 546 g/mol. The summed E-state index contributed by atoms with van der Waals surface area (Å²) >= 11 is 1.31. The fourth-order valence-electron chi connectivity index (χ4n) is 4.92. The van der Waals surface area contributed by atoms with Crippen LogP contribution in [0.4, 0.5) is 24.8 Å². The standard InChI is InChI=1S/C27H29F3N4O3S/c1-4-5-6-16-11-17(13-18(12-16)33-24-31-10-8-21(34-24)27(28,29)30)20-14-32-23(38-20)26(37)9-7-19(22(35)36)25(2,3)15-26/h5-6,8,10-14,19,37H,4,7,9,15H2,1-3H3,(H,35,36)(H,31,33,34)/t19-,26-/m0/s1. The van der Waals surface area contributed by atoms with Crippen molar-refractivity contribution in [1.82, 2.24) is 15.0 Å². The topological polar surface area (TPSA) is 108 Å². The number of rotatable bonds is 7. The van der Waals surface area contributed by atoms with E-state index in [1.165, 1.54) is 11.3 Å². The third-order valence-electron chi connectivity index (χ3n) is 6.73. The first-order valence-electron chi connectivity index (χ1n) is 12.2. The van der Waals surface area contributed by atoms with Gasteiger partial charge < -0.3 is 15.5 Å². The van der Waals surface area contributed by atoms with Crippen LogP contribution in [0.1, 0.15) is 62.7 Å². The van der Waals surface area contributed by atoms with Crippen molar-refractivity contribution in [2.24, 2.45) is 11.3 Å². The van der Waals surface area contributed by atoms with Crippen molar-refractivity contribution in [1.29, 1.82) is 0 Å². The van der Waals surface area contributed by atoms with Gasteiger partial charge in [-0.1, -0.05) is 32.9 Å². The molecule has 0 aliphatic heterocycles. The van der Waals surface area contributed by atoms with Gasteiger partial charge in [0, 0.05) is 18.1 Å². The number of anilines is 2. The van der Waals surface area contributed by atoms with Gasteiger partial charge in [-0.2, -0.15) is 13.2 Å². The number of aliphatic carboxylic acids is 1. The van der Waals surface area contributed by atoms with E-state index in [0.717, 1.165) is 34.7 Å². The van der Waals surface area contributed by atoms with Gasteiger partial charge in [0.2, 0.25) is 5.95 Å². The number of carboxylic acids is 1. The van der Waals surface area contributed by atoms with Crippen molar-refractivity contribution >= 4 is 35.0 Å². The first-order chi connectivity index (χ1) is 17.8. The Balaban J connectivity index is 1.66. The Labute approximate surface area is 222 Å². The molecule has 0 saturated heterocycles. The Morgan fingerprint density at radius 2 is 2.03 bits per heavy atom. The van der Waals surface area contributed by atoms with Crippen LogP contribution in [0, 0.1) is 11.3 Å². The van der Waals surface area contributed by atoms with Gasteiger partial charge in [0.05, 0.1) is 10.8 Å². The Bertz CT molecular complexity index is 1360. The second kappa shape index (κ2) is 10.5. The van der Waals surface area contributed by atoms with Gasteiger partial charge in [-0.25, -0.2) is 15.0 Å². The Kier molecular flexibility index (Phi) is 7.62. The number of hydrogen-bond donors (Lipinski definition) is 3. The molecule has 2 heterocycles. The molecule has 1 aromatic carbocycles. The van der Waals surface area contributed by atoms with E-state index >= 15 is 0 Å². The van der Waals surface area contributed by atoms with Gasteiger partial charge in [-0.15, -0.1) is 11.3 Å². The predicted octanol–water partition coefficient (Wildman–Crippen LogP) is 6.88. The normalized spacial score (nSPS) is 21.5. The molecular formula is C27H29F3N4O3S. The molecule has 0 unspecified atom stereocenters. The summed E-state index contributed by atoms with van der Waals surface area (Å²) in [6, 6.07) is 6.28. The summed E-state index contributed by atoms with van der Waals surface area (Å²) in [4.78, 5) is 24.4. The molecule has 1 fully saturated rings. The lowest BCUT2D eigenvalue weighted by Gasteiger charge is -2.44. The lowest BCUT2D eigenvalue weighted by molar-refractivity contribution is -0.154. The molecule has 0 amide bonds. The van der Waals surface area contributed by atoms with Crippen molar-refractivity contribution in [3.05, 3.63) is 59.0 Å². The smallest absolute Gasteiger partial charge is 0.433 e. The number of allylic oxidation sites excluding steroid dienone is 1. The van der Waals surface area contributed by atoms with E-state index in [-0.39, 0.29) is 12.4 Å². The highest BCUT2D eigenvalue weighted by atomic mass is 32.1. The van der Waals surface area contributed by atoms with Crippen molar-refractivity contribution < 1.29 is 28.2 Å². The molecule has 1 aliphatic rings. The molecule has 38 heavy (non-hydrogen) atoms. The number of alkyl halides is 3. The summed E-state index contributed by atoms with van der Waals surface area (Å²) in [5.41, 5.74) is -0.838. The minimum atomic E-state index is -4.59. The highest BCUT2D eigenvalue weighted by molar-refractivity contribution is 7.15. The molecule has 0 bridgehead atoms. The van der Waals surface area contributed by atoms with E-state index in [4.69, 9.17) is 0 Å². The highest BCUT2D eigenvalue weighted by Crippen LogP contribution is 2.51. The molecule has 2 atom stereocenters. The quantitative estimate of drug-likeness (QED) is 0.296. The summed E-state index contributed by atoms with van der Waals surface area (Å²) in [6.07, 6.45) is 3.69. The molecule has 3 aromatic rings. The molecule has 2 aromatic heterocycles. The molecule has 0 radical (unpaired) electrons. The van der Waals surface area contributed by atoms with E-state index < -0.39 is 34.8 Å². The Hall–Kier alpha value is -3.31. The molecule has 3 N–H and O–H groups in total. The zero-order chi connectivity index (χ0) is 27.7. The van der Waals surface area contributed by atoms with E-state index in [0.29, 0.717) is 23.5 Å². The molecule has 7 nitrogen and oxygen atoms in total. The van der Waals surface area contributed by atoms with Gasteiger partial charge >= 0.3 is 12.1 Å². The van der Waals surface area contributed by atoms with Crippen LogP contribution in [0.5, 0.6) is 0 Å². The number of halogens is 3. The van der Waals surface area contributed by atoms with Gasteiger partial charge in [0.15, 0.2) is 0 Å². The second-order valence-electron chi connectivity index (χ2n) is 10.2. The second-order valence-corrected chi connectivity index (χ2v) is 11.2. The average molecular weight is 547 g/mol. The van der Waals surface area contributed by atoms with Crippen LogP contribution >= 0.6 is 11.3 Å². The first-order valence-corrected chi connectivity index (χ1v) is 13.0. The lowest BCUT2D eigenvalue weighted by Crippen LogP contribution is -2.44. The predicted molar refractivity (Wildman–Crippen MR) is 140 cm³/mol. The van der Waals surface area contributed by atoms with E-state index in [1.807, 2.05) is 39.0 Å². The summed E-state index contributed by atoms with van der Waals surface area (Å²) in [5.74, 6) is -1.59. The highest BCUT2D eigenvalue weighted by Gasteiger charge is 2.49. The summed E-state index contributed by atoms with van der Waals surface area (Å²) < 4.78 is 39.3. The van der Waals surface area contributed by atoms with E-state index in [1.54, 1.807) is 18.3 Å². The van der Waals surface area contributed by atoms with E-state index in [9.17, 15) is 28.2 Å². The number of nitrogens with zero attached hydrogens (tertiary/aromatic N) is 3. The third kappa shape index (κ3) is 6.05. The summed E-state index contributed by atoms with van der Waals surface area (Å²) in [5, 5.41) is 24.4. The number of carboxylic acid groups (broad SMARTS) is 1. The van der Waals surface area contributed by atoms with Crippen molar-refractivity contribution in [3.8, 4) is 10.4 Å². The van der Waals surface area contributed by atoms with Gasteiger partial charge in [0.1, 0.15) is 16.3 Å². The zero-order valence-electron chi connectivity index (χ0n) is 21.2. The molecule has 1 aliphatic carbocycles. The van der Waals surface area contributed by atoms with Gasteiger partial charge in [-0.05, 0) is 66.5 Å². The fourth-order valence-corrected chi connectivity index (χ4v) is 5.94. The molecule has 1 saturated carbocycles. The number of benzene rings is 1. The maximum atomic E-state index is 13.1. The van der Waals surface area contributed by atoms with Gasteiger partial charge in [0.25, 0.3) is 0 Å². The molecule has 4 rings (SSSR count). The number of hydrogen-bond acceptors (Lipinski definition) is 7. The first kappa shape index (κ1) is 27.7. The van der Waals surface area contributed by atoms with Crippen LogP contribution < -0.4 is 5.32 Å². The van der Waals surface area contributed by atoms with Crippen LogP contribution in [-0.4, -0.2) is 31.1 Å². The zero-order valence-corrected chi connectivity index (χ0v) is 22.0. The van der Waals surface area contributed by atoms with Crippen LogP contribution in [-0.2, 0) is 16.6 Å². The third-order valence-corrected chi connectivity index (χ3v) is 7.97. The Morgan fingerprint density at radius 3 is 2.68 bits per heavy atom. The fraction of sp³-hybridized carbons (Fsp3) is 0.407. The summed E-state index contributed by atoms with van der Waals surface area (Å²) in [7, 11) is 0. The van der Waals surface area contributed by atoms with Crippen molar-refractivity contribution in [2.45, 2.75) is 58.2 Å². The molecular weight excluding hydrogens is 517 g/mol. The molecule has 0 spiro atoms. The SMILES string of the molecule is CCC=Cc1cc(Nc2nccc(C(F)(F)F)n2)cc(-c2cnc([C@]3(O)CC[C@@H](C(=O)O)C(C)(C)C3)s2)c1. The lowest BCUT2D eigenvalue weighted by atomic mass is 9.63. The molecule has 11 heteroatoms. The van der Waals surface area contributed by atoms with Crippen LogP contribution in [0.25, 0.3) is 16.5 Å². The maximum absolute atomic E-state index is 13.1. The van der Waals surface area contributed by atoms with Crippen molar-refractivity contribution in [2.75, 3.05) is 5.32 Å². The summed E-state index contributed by atoms with van der Waals surface area (Å²) in [6.45, 7) is 5.69. The number of thiazole rings is 1. The number of carbonyl (C=O) groups is 1. The maximum Gasteiger partial charge on any atom is 0.433 e.